The Morgan fingerprint density at radius 1 is 0.313 bits per heavy atom. The second-order valence-corrected chi connectivity index (χ2v) is 17.4. The van der Waals surface area contributed by atoms with E-state index >= 15 is 0 Å². The fourth-order valence-corrected chi connectivity index (χ4v) is 6.92. The van der Waals surface area contributed by atoms with E-state index in [1.54, 1.807) is 0 Å². The molecule has 0 aliphatic carbocycles. The third kappa shape index (κ3) is 52.6. The molecule has 0 fully saturated rings. The first-order chi connectivity index (χ1) is 33.0. The van der Waals surface area contributed by atoms with Gasteiger partial charge < -0.3 is 14.2 Å². The van der Waals surface area contributed by atoms with Crippen molar-refractivity contribution in [2.75, 3.05) is 13.2 Å². The summed E-state index contributed by atoms with van der Waals surface area (Å²) in [6.45, 7) is 6.30. The van der Waals surface area contributed by atoms with Crippen LogP contribution < -0.4 is 0 Å². The van der Waals surface area contributed by atoms with Crippen LogP contribution in [0.1, 0.15) is 226 Å². The molecule has 0 aromatic heterocycles. The number of hydrogen-bond donors (Lipinski definition) is 0. The maximum absolute atomic E-state index is 12.8. The van der Waals surface area contributed by atoms with Gasteiger partial charge in [-0.1, -0.05) is 200 Å². The van der Waals surface area contributed by atoms with E-state index in [1.807, 2.05) is 0 Å². The molecule has 0 spiro atoms. The largest absolute Gasteiger partial charge is 0.462 e. The molecule has 0 radical (unpaired) electrons. The van der Waals surface area contributed by atoms with Crippen LogP contribution in [0.4, 0.5) is 0 Å². The van der Waals surface area contributed by atoms with Crippen LogP contribution in [0.2, 0.25) is 0 Å². The summed E-state index contributed by atoms with van der Waals surface area (Å²) < 4.78 is 16.8. The lowest BCUT2D eigenvalue weighted by molar-refractivity contribution is -0.167. The standard InChI is InChI=1S/C61H98O6/c1-4-7-10-13-16-19-22-25-28-29-30-31-34-36-39-42-45-48-51-54-60(63)66-57-58(67-61(64)55-52-49-46-43-40-37-33-27-24-21-18-15-12-9-6-3)56-65-59(62)53-50-47-44-41-38-35-32-26-23-20-17-14-11-8-5-2/h8-9,11-12,16-21,25-28,32-33,38,40-41,43,58H,4-7,10,13-15,22-24,29-31,34-37,39,42,44-57H2,1-3H3/b11-8-,12-9-,19-16-,20-17-,21-18-,28-25-,32-26-,33-27-,41-38-,43-40-/t58-/m1/s1. The van der Waals surface area contributed by atoms with Crippen molar-refractivity contribution in [2.45, 2.75) is 232 Å². The lowest BCUT2D eigenvalue weighted by Crippen LogP contribution is -2.30. The van der Waals surface area contributed by atoms with Crippen molar-refractivity contribution < 1.29 is 28.6 Å². The first-order valence-corrected chi connectivity index (χ1v) is 27.0. The molecular weight excluding hydrogens is 829 g/mol. The molecule has 6 heteroatoms. The molecule has 0 heterocycles. The van der Waals surface area contributed by atoms with Crippen LogP contribution in [0.15, 0.2) is 122 Å². The molecule has 0 bridgehead atoms. The molecule has 378 valence electrons. The first-order valence-electron chi connectivity index (χ1n) is 27.0. The molecule has 0 rings (SSSR count). The Labute approximate surface area is 412 Å². The fraction of sp³-hybridized carbons (Fsp3) is 0.623. The molecular formula is C61H98O6. The summed E-state index contributed by atoms with van der Waals surface area (Å²) in [5, 5.41) is 0. The van der Waals surface area contributed by atoms with E-state index in [0.717, 1.165) is 103 Å². The minimum absolute atomic E-state index is 0.113. The highest BCUT2D eigenvalue weighted by molar-refractivity contribution is 5.71. The van der Waals surface area contributed by atoms with Crippen LogP contribution in [0.25, 0.3) is 0 Å². The molecule has 0 aromatic carbocycles. The second-order valence-electron chi connectivity index (χ2n) is 17.4. The van der Waals surface area contributed by atoms with E-state index in [1.165, 1.54) is 70.6 Å². The molecule has 0 unspecified atom stereocenters. The second kappa shape index (κ2) is 54.4. The third-order valence-corrected chi connectivity index (χ3v) is 10.9. The van der Waals surface area contributed by atoms with E-state index in [0.29, 0.717) is 25.7 Å². The van der Waals surface area contributed by atoms with Gasteiger partial charge in [-0.2, -0.15) is 0 Å². The van der Waals surface area contributed by atoms with Crippen LogP contribution in [0.3, 0.4) is 0 Å². The summed E-state index contributed by atoms with van der Waals surface area (Å²) in [5.41, 5.74) is 0. The molecule has 0 aliphatic rings. The molecule has 1 atom stereocenters. The van der Waals surface area contributed by atoms with E-state index in [4.69, 9.17) is 14.2 Å². The average molecular weight is 927 g/mol. The average Bonchev–Trinajstić information content (AvgIpc) is 3.33. The number of allylic oxidation sites excluding steroid dienone is 20. The van der Waals surface area contributed by atoms with Crippen molar-refractivity contribution in [3.8, 4) is 0 Å². The molecule has 0 aliphatic heterocycles. The number of carbonyl (C=O) groups excluding carboxylic acids is 3. The van der Waals surface area contributed by atoms with E-state index in [9.17, 15) is 14.4 Å². The van der Waals surface area contributed by atoms with Crippen molar-refractivity contribution in [1.82, 2.24) is 0 Å². The lowest BCUT2D eigenvalue weighted by Gasteiger charge is -2.18. The van der Waals surface area contributed by atoms with Gasteiger partial charge in [-0.3, -0.25) is 14.4 Å². The van der Waals surface area contributed by atoms with Crippen molar-refractivity contribution in [1.29, 1.82) is 0 Å². The number of unbranched alkanes of at least 4 members (excludes halogenated alkanes) is 16. The molecule has 0 amide bonds. The molecule has 67 heavy (non-hydrogen) atoms. The van der Waals surface area contributed by atoms with Crippen LogP contribution in [0, 0.1) is 0 Å². The van der Waals surface area contributed by atoms with Crippen molar-refractivity contribution >= 4 is 17.9 Å². The Kier molecular flexibility index (Phi) is 51.0. The highest BCUT2D eigenvalue weighted by Gasteiger charge is 2.19. The van der Waals surface area contributed by atoms with Gasteiger partial charge in [-0.05, 0) is 128 Å². The highest BCUT2D eigenvalue weighted by atomic mass is 16.6. The summed E-state index contributed by atoms with van der Waals surface area (Å²) in [6, 6.07) is 0. The molecule has 0 saturated heterocycles. The van der Waals surface area contributed by atoms with Gasteiger partial charge in [0.15, 0.2) is 6.10 Å². The minimum atomic E-state index is -0.822. The highest BCUT2D eigenvalue weighted by Crippen LogP contribution is 2.13. The zero-order chi connectivity index (χ0) is 48.6. The van der Waals surface area contributed by atoms with Gasteiger partial charge in [-0.15, -0.1) is 0 Å². The van der Waals surface area contributed by atoms with E-state index in [2.05, 4.69) is 142 Å². The van der Waals surface area contributed by atoms with Gasteiger partial charge in [0.1, 0.15) is 13.2 Å². The van der Waals surface area contributed by atoms with Crippen LogP contribution in [-0.4, -0.2) is 37.2 Å². The van der Waals surface area contributed by atoms with Crippen molar-refractivity contribution in [3.63, 3.8) is 0 Å². The fourth-order valence-electron chi connectivity index (χ4n) is 6.92. The summed E-state index contributed by atoms with van der Waals surface area (Å²) in [6.07, 6.45) is 74.7. The molecule has 0 aromatic rings. The Bertz CT molecular complexity index is 1440. The zero-order valence-electron chi connectivity index (χ0n) is 43.1. The van der Waals surface area contributed by atoms with Gasteiger partial charge in [0.25, 0.3) is 0 Å². The topological polar surface area (TPSA) is 78.9 Å². The van der Waals surface area contributed by atoms with E-state index in [-0.39, 0.29) is 37.5 Å². The van der Waals surface area contributed by atoms with Crippen LogP contribution in [0.5, 0.6) is 0 Å². The SMILES string of the molecule is CC/C=C\C/C=C\C/C=C\C/C=C\CCCCC(=O)OC[C@H](COC(=O)CCCCCCCCCCC/C=C\C/C=C\CCCCC)OC(=O)CCCC/C=C\C/C=C\C/C=C\C/C=C\CC. The Morgan fingerprint density at radius 2 is 0.582 bits per heavy atom. The Balaban J connectivity index is 4.51. The Hall–Kier alpha value is -4.19. The first kappa shape index (κ1) is 62.8. The predicted molar refractivity (Wildman–Crippen MR) is 288 cm³/mol. The monoisotopic (exact) mass is 927 g/mol. The maximum atomic E-state index is 12.8. The van der Waals surface area contributed by atoms with Gasteiger partial charge in [0, 0.05) is 19.3 Å². The van der Waals surface area contributed by atoms with Crippen molar-refractivity contribution in [2.24, 2.45) is 0 Å². The quantitative estimate of drug-likeness (QED) is 0.0262. The number of carbonyl (C=O) groups is 3. The summed E-state index contributed by atoms with van der Waals surface area (Å²) in [4.78, 5) is 38.1. The summed E-state index contributed by atoms with van der Waals surface area (Å²) in [7, 11) is 0. The summed E-state index contributed by atoms with van der Waals surface area (Å²) in [5.74, 6) is -1.01. The van der Waals surface area contributed by atoms with Gasteiger partial charge in [-0.25, -0.2) is 0 Å². The van der Waals surface area contributed by atoms with Crippen molar-refractivity contribution in [3.05, 3.63) is 122 Å². The molecule has 0 N–H and O–H groups in total. The third-order valence-electron chi connectivity index (χ3n) is 10.9. The number of ether oxygens (including phenoxy) is 3. The normalized spacial score (nSPS) is 13.1. The zero-order valence-corrected chi connectivity index (χ0v) is 43.1. The predicted octanol–water partition coefficient (Wildman–Crippen LogP) is 18.1. The van der Waals surface area contributed by atoms with Crippen LogP contribution in [-0.2, 0) is 28.6 Å². The Morgan fingerprint density at radius 3 is 0.940 bits per heavy atom. The summed E-state index contributed by atoms with van der Waals surface area (Å²) >= 11 is 0. The lowest BCUT2D eigenvalue weighted by atomic mass is 10.1. The van der Waals surface area contributed by atoms with Crippen LogP contribution >= 0.6 is 0 Å². The number of esters is 3. The smallest absolute Gasteiger partial charge is 0.306 e. The molecule has 0 saturated carbocycles. The number of rotatable bonds is 47. The van der Waals surface area contributed by atoms with Gasteiger partial charge in [0.05, 0.1) is 0 Å². The maximum Gasteiger partial charge on any atom is 0.306 e. The van der Waals surface area contributed by atoms with E-state index < -0.39 is 6.10 Å². The molecule has 6 nitrogen and oxygen atoms in total. The number of hydrogen-bond acceptors (Lipinski definition) is 6. The van der Waals surface area contributed by atoms with Gasteiger partial charge >= 0.3 is 17.9 Å². The van der Waals surface area contributed by atoms with Gasteiger partial charge in [0.2, 0.25) is 0 Å². The minimum Gasteiger partial charge on any atom is -0.462 e.